The monoisotopic (exact) mass is 372 g/mol. The Morgan fingerprint density at radius 1 is 1.22 bits per heavy atom. The number of carbonyl (C=O) groups excluding carboxylic acids is 3. The molecule has 0 aromatic heterocycles. The van der Waals surface area contributed by atoms with Crippen LogP contribution in [0.1, 0.15) is 37.3 Å². The third-order valence-corrected chi connectivity index (χ3v) is 5.27. The van der Waals surface area contributed by atoms with Crippen molar-refractivity contribution in [1.29, 1.82) is 0 Å². The molecule has 2 fully saturated rings. The summed E-state index contributed by atoms with van der Waals surface area (Å²) in [4.78, 5) is 39.4. The lowest BCUT2D eigenvalue weighted by Gasteiger charge is -2.42. The van der Waals surface area contributed by atoms with Gasteiger partial charge in [0.1, 0.15) is 6.04 Å². The summed E-state index contributed by atoms with van der Waals surface area (Å²) in [5, 5.41) is 5.51. The Hall–Kier alpha value is -2.57. The molecule has 2 N–H and O–H groups in total. The second-order valence-electron chi connectivity index (χ2n) is 7.50. The highest BCUT2D eigenvalue weighted by molar-refractivity contribution is 5.95. The summed E-state index contributed by atoms with van der Waals surface area (Å²) in [6.07, 6.45) is 1.76. The van der Waals surface area contributed by atoms with Crippen molar-refractivity contribution in [3.05, 3.63) is 35.4 Å². The second kappa shape index (κ2) is 8.41. The summed E-state index contributed by atoms with van der Waals surface area (Å²) in [6, 6.07) is 7.88. The highest BCUT2D eigenvalue weighted by Crippen LogP contribution is 2.16. The Balaban J connectivity index is 1.42. The van der Waals surface area contributed by atoms with Gasteiger partial charge in [0, 0.05) is 19.6 Å². The van der Waals surface area contributed by atoms with Crippen molar-refractivity contribution in [3.63, 3.8) is 0 Å². The van der Waals surface area contributed by atoms with Gasteiger partial charge in [-0.05, 0) is 29.9 Å². The van der Waals surface area contributed by atoms with Gasteiger partial charge in [-0.1, -0.05) is 38.1 Å². The third kappa shape index (κ3) is 4.59. The summed E-state index contributed by atoms with van der Waals surface area (Å²) < 4.78 is 0. The van der Waals surface area contributed by atoms with E-state index in [1.165, 1.54) is 11.1 Å². The highest BCUT2D eigenvalue weighted by Gasteiger charge is 2.39. The van der Waals surface area contributed by atoms with Crippen LogP contribution in [-0.2, 0) is 16.0 Å². The lowest BCUT2D eigenvalue weighted by Crippen LogP contribution is -2.67. The van der Waals surface area contributed by atoms with Crippen LogP contribution in [0.5, 0.6) is 0 Å². The van der Waals surface area contributed by atoms with Crippen LogP contribution >= 0.6 is 0 Å². The fraction of sp³-hybridized carbons (Fsp3) is 0.550. The fourth-order valence-corrected chi connectivity index (χ4v) is 3.54. The minimum Gasteiger partial charge on any atom is -0.345 e. The predicted octanol–water partition coefficient (Wildman–Crippen LogP) is 1.09. The van der Waals surface area contributed by atoms with Gasteiger partial charge in [0.25, 0.3) is 0 Å². The molecule has 3 rings (SSSR count). The molecule has 2 saturated heterocycles. The van der Waals surface area contributed by atoms with E-state index < -0.39 is 6.04 Å². The quantitative estimate of drug-likeness (QED) is 0.760. The summed E-state index contributed by atoms with van der Waals surface area (Å²) in [5.41, 5.74) is 2.59. The number of aryl methyl sites for hydroxylation is 1. The number of rotatable bonds is 5. The first-order valence-corrected chi connectivity index (χ1v) is 9.64. The molecular weight excluding hydrogens is 344 g/mol. The third-order valence-electron chi connectivity index (χ3n) is 5.27. The first-order chi connectivity index (χ1) is 13.0. The Bertz CT molecular complexity index is 702. The molecule has 7 heteroatoms. The van der Waals surface area contributed by atoms with Crippen molar-refractivity contribution in [2.45, 2.75) is 38.6 Å². The summed E-state index contributed by atoms with van der Waals surface area (Å²) in [5.74, 6) is 0.264. The van der Waals surface area contributed by atoms with Gasteiger partial charge in [0.2, 0.25) is 11.8 Å². The molecule has 1 unspecified atom stereocenters. The maximum atomic E-state index is 12.4. The first-order valence-electron chi connectivity index (χ1n) is 9.64. The van der Waals surface area contributed by atoms with E-state index in [4.69, 9.17) is 0 Å². The molecule has 2 aliphatic heterocycles. The van der Waals surface area contributed by atoms with Crippen molar-refractivity contribution in [2.24, 2.45) is 0 Å². The zero-order chi connectivity index (χ0) is 19.4. The van der Waals surface area contributed by atoms with Crippen LogP contribution in [0.15, 0.2) is 24.3 Å². The minimum absolute atomic E-state index is 0.0552. The number of carbonyl (C=O) groups is 3. The lowest BCUT2D eigenvalue weighted by atomic mass is 10.0. The number of urea groups is 1. The van der Waals surface area contributed by atoms with Crippen LogP contribution in [0.3, 0.4) is 0 Å². The highest BCUT2D eigenvalue weighted by atomic mass is 16.2. The number of nitrogens with zero attached hydrogens (tertiary/aromatic N) is 2. The van der Waals surface area contributed by atoms with E-state index in [0.717, 1.165) is 12.8 Å². The van der Waals surface area contributed by atoms with E-state index in [1.807, 2.05) is 0 Å². The van der Waals surface area contributed by atoms with Crippen LogP contribution in [0.4, 0.5) is 4.79 Å². The number of fused-ring (bicyclic) bond motifs is 1. The average molecular weight is 372 g/mol. The van der Waals surface area contributed by atoms with Crippen LogP contribution in [0, 0.1) is 0 Å². The molecule has 2 heterocycles. The van der Waals surface area contributed by atoms with Crippen molar-refractivity contribution < 1.29 is 14.4 Å². The van der Waals surface area contributed by atoms with E-state index in [1.54, 1.807) is 9.80 Å². The predicted molar refractivity (Wildman–Crippen MR) is 102 cm³/mol. The van der Waals surface area contributed by atoms with Gasteiger partial charge in [0.05, 0.1) is 13.1 Å². The van der Waals surface area contributed by atoms with Gasteiger partial charge >= 0.3 is 6.03 Å². The lowest BCUT2D eigenvalue weighted by molar-refractivity contribution is -0.148. The zero-order valence-electron chi connectivity index (χ0n) is 16.0. The maximum Gasteiger partial charge on any atom is 0.317 e. The molecule has 0 bridgehead atoms. The van der Waals surface area contributed by atoms with E-state index >= 15 is 0 Å². The van der Waals surface area contributed by atoms with Gasteiger partial charge in [0.15, 0.2) is 0 Å². The van der Waals surface area contributed by atoms with Crippen molar-refractivity contribution in [3.8, 4) is 0 Å². The number of benzene rings is 1. The normalized spacial score (nSPS) is 19.7. The van der Waals surface area contributed by atoms with Crippen molar-refractivity contribution in [1.82, 2.24) is 20.4 Å². The molecule has 7 nitrogen and oxygen atoms in total. The number of amides is 4. The van der Waals surface area contributed by atoms with Crippen molar-refractivity contribution >= 4 is 17.8 Å². The fourth-order valence-electron chi connectivity index (χ4n) is 3.54. The Morgan fingerprint density at radius 3 is 2.67 bits per heavy atom. The number of nitrogens with one attached hydrogen (secondary N) is 2. The largest absolute Gasteiger partial charge is 0.345 e. The van der Waals surface area contributed by atoms with Gasteiger partial charge in [-0.15, -0.1) is 0 Å². The SMILES string of the molecule is CC(C)c1ccc(CCCNC(=O)N2CCN3C(=O)CNC(=O)C3C2)cc1. The van der Waals surface area contributed by atoms with E-state index in [2.05, 4.69) is 48.7 Å². The summed E-state index contributed by atoms with van der Waals surface area (Å²) in [6.45, 7) is 6.11. The summed E-state index contributed by atoms with van der Waals surface area (Å²) in [7, 11) is 0. The number of hydrogen-bond donors (Lipinski definition) is 2. The topological polar surface area (TPSA) is 81.8 Å². The summed E-state index contributed by atoms with van der Waals surface area (Å²) >= 11 is 0. The molecule has 4 amide bonds. The van der Waals surface area contributed by atoms with E-state index in [9.17, 15) is 14.4 Å². The van der Waals surface area contributed by atoms with Gasteiger partial charge < -0.3 is 20.4 Å². The zero-order valence-corrected chi connectivity index (χ0v) is 16.0. The number of piperazine rings is 2. The molecule has 0 saturated carbocycles. The second-order valence-corrected chi connectivity index (χ2v) is 7.50. The Labute approximate surface area is 160 Å². The number of hydrogen-bond acceptors (Lipinski definition) is 3. The Morgan fingerprint density at radius 2 is 1.96 bits per heavy atom. The van der Waals surface area contributed by atoms with Crippen LogP contribution in [0.25, 0.3) is 0 Å². The molecule has 27 heavy (non-hydrogen) atoms. The molecular formula is C20H28N4O3. The molecule has 146 valence electrons. The maximum absolute atomic E-state index is 12.4. The standard InChI is InChI=1S/C20H28N4O3/c1-14(2)16-7-5-15(6-8-16)4-3-9-21-20(27)23-10-11-24-17(13-23)19(26)22-12-18(24)25/h5-8,14,17H,3-4,9-13H2,1-2H3,(H,21,27)(H,22,26). The molecule has 1 aromatic carbocycles. The van der Waals surface area contributed by atoms with Gasteiger partial charge in [-0.2, -0.15) is 0 Å². The van der Waals surface area contributed by atoms with Crippen LogP contribution < -0.4 is 10.6 Å². The van der Waals surface area contributed by atoms with Gasteiger partial charge in [-0.25, -0.2) is 4.79 Å². The molecule has 1 aromatic rings. The first kappa shape index (κ1) is 19.2. The average Bonchev–Trinajstić information content (AvgIpc) is 2.68. The van der Waals surface area contributed by atoms with E-state index in [0.29, 0.717) is 25.6 Å². The Kier molecular flexibility index (Phi) is 5.98. The van der Waals surface area contributed by atoms with Crippen LogP contribution in [0.2, 0.25) is 0 Å². The van der Waals surface area contributed by atoms with Gasteiger partial charge in [-0.3, -0.25) is 9.59 Å². The molecule has 1 atom stereocenters. The molecule has 2 aliphatic rings. The smallest absolute Gasteiger partial charge is 0.317 e. The molecule has 0 radical (unpaired) electrons. The van der Waals surface area contributed by atoms with Crippen LogP contribution in [-0.4, -0.2) is 66.4 Å². The molecule has 0 spiro atoms. The minimum atomic E-state index is -0.565. The molecule has 0 aliphatic carbocycles. The van der Waals surface area contributed by atoms with E-state index in [-0.39, 0.29) is 30.9 Å². The van der Waals surface area contributed by atoms with Crippen molar-refractivity contribution in [2.75, 3.05) is 32.7 Å².